The summed E-state index contributed by atoms with van der Waals surface area (Å²) in [5, 5.41) is 0. The van der Waals surface area contributed by atoms with Crippen LogP contribution in [0.5, 0.6) is 0 Å². The molecule has 1 rings (SSSR count). The molecule has 0 unspecified atom stereocenters. The number of ether oxygens (including phenoxy) is 1. The Kier molecular flexibility index (Phi) is 3.05. The predicted molar refractivity (Wildman–Crippen MR) is 38.0 cm³/mol. The first-order chi connectivity index (χ1) is 4.43. The van der Waals surface area contributed by atoms with Crippen LogP contribution in [0.4, 0.5) is 0 Å². The average molecular weight is 127 g/mol. The van der Waals surface area contributed by atoms with Crippen LogP contribution in [0, 0.1) is 6.10 Å². The highest BCUT2D eigenvalue weighted by molar-refractivity contribution is 4.81. The van der Waals surface area contributed by atoms with Crippen molar-refractivity contribution in [3.05, 3.63) is 6.10 Å². The molecule has 1 heteroatoms. The van der Waals surface area contributed by atoms with Crippen LogP contribution in [0.15, 0.2) is 0 Å². The van der Waals surface area contributed by atoms with E-state index < -0.39 is 0 Å². The maximum absolute atomic E-state index is 5.40. The van der Waals surface area contributed by atoms with E-state index in [2.05, 4.69) is 6.92 Å². The summed E-state index contributed by atoms with van der Waals surface area (Å²) in [4.78, 5) is 0. The van der Waals surface area contributed by atoms with Gasteiger partial charge in [-0.1, -0.05) is 19.3 Å². The SMILES string of the molecule is CCO[C]1CCCCC1. The van der Waals surface area contributed by atoms with Gasteiger partial charge in [0.2, 0.25) is 0 Å². The molecule has 1 aliphatic carbocycles. The summed E-state index contributed by atoms with van der Waals surface area (Å²) in [6.45, 7) is 2.91. The van der Waals surface area contributed by atoms with Crippen LogP contribution in [0.2, 0.25) is 0 Å². The van der Waals surface area contributed by atoms with Gasteiger partial charge < -0.3 is 4.74 Å². The molecule has 0 aliphatic heterocycles. The summed E-state index contributed by atoms with van der Waals surface area (Å²) >= 11 is 0. The Morgan fingerprint density at radius 1 is 1.22 bits per heavy atom. The zero-order chi connectivity index (χ0) is 6.53. The van der Waals surface area contributed by atoms with Gasteiger partial charge in [-0.25, -0.2) is 0 Å². The lowest BCUT2D eigenvalue weighted by atomic mass is 9.98. The zero-order valence-corrected chi connectivity index (χ0v) is 6.15. The molecule has 1 nitrogen and oxygen atoms in total. The Bertz CT molecular complexity index is 62.2. The normalized spacial score (nSPS) is 22.3. The lowest BCUT2D eigenvalue weighted by molar-refractivity contribution is 0.124. The molecule has 1 fully saturated rings. The van der Waals surface area contributed by atoms with Crippen molar-refractivity contribution in [3.8, 4) is 0 Å². The van der Waals surface area contributed by atoms with Gasteiger partial charge in [-0.2, -0.15) is 0 Å². The van der Waals surface area contributed by atoms with Crippen molar-refractivity contribution in [2.24, 2.45) is 0 Å². The molecule has 0 spiro atoms. The first-order valence-corrected chi connectivity index (χ1v) is 3.91. The molecule has 0 bridgehead atoms. The summed E-state index contributed by atoms with van der Waals surface area (Å²) in [6.07, 6.45) is 7.85. The smallest absolute Gasteiger partial charge is 0.0970 e. The highest BCUT2D eigenvalue weighted by atomic mass is 16.5. The molecule has 0 atom stereocenters. The van der Waals surface area contributed by atoms with Gasteiger partial charge in [0.25, 0.3) is 0 Å². The van der Waals surface area contributed by atoms with E-state index in [1.165, 1.54) is 38.2 Å². The lowest BCUT2D eigenvalue weighted by Gasteiger charge is -2.19. The highest BCUT2D eigenvalue weighted by Gasteiger charge is 2.13. The average Bonchev–Trinajstić information content (AvgIpc) is 1.91. The van der Waals surface area contributed by atoms with E-state index >= 15 is 0 Å². The van der Waals surface area contributed by atoms with Crippen molar-refractivity contribution in [1.82, 2.24) is 0 Å². The third-order valence-corrected chi connectivity index (χ3v) is 1.76. The summed E-state index contributed by atoms with van der Waals surface area (Å²) < 4.78 is 5.40. The standard InChI is InChI=1S/C8H15O/c1-2-9-8-6-4-3-5-7-8/h2-7H2,1H3. The summed E-state index contributed by atoms with van der Waals surface area (Å²) in [5.41, 5.74) is 0. The van der Waals surface area contributed by atoms with Crippen LogP contribution in [-0.4, -0.2) is 6.61 Å². The second kappa shape index (κ2) is 3.89. The van der Waals surface area contributed by atoms with Gasteiger partial charge in [0.05, 0.1) is 6.10 Å². The van der Waals surface area contributed by atoms with E-state index in [4.69, 9.17) is 4.74 Å². The Labute approximate surface area is 57.4 Å². The fourth-order valence-corrected chi connectivity index (χ4v) is 1.29. The molecule has 0 heterocycles. The van der Waals surface area contributed by atoms with Crippen molar-refractivity contribution in [1.29, 1.82) is 0 Å². The van der Waals surface area contributed by atoms with Crippen LogP contribution < -0.4 is 0 Å². The fraction of sp³-hybridized carbons (Fsp3) is 0.875. The van der Waals surface area contributed by atoms with E-state index in [0.717, 1.165) is 6.61 Å². The molecular formula is C8H15O. The van der Waals surface area contributed by atoms with E-state index in [9.17, 15) is 0 Å². The van der Waals surface area contributed by atoms with Crippen molar-refractivity contribution >= 4 is 0 Å². The molecule has 0 N–H and O–H groups in total. The van der Waals surface area contributed by atoms with Crippen LogP contribution >= 0.6 is 0 Å². The third kappa shape index (κ3) is 2.35. The van der Waals surface area contributed by atoms with Gasteiger partial charge in [-0.15, -0.1) is 0 Å². The highest BCUT2D eigenvalue weighted by Crippen LogP contribution is 2.25. The van der Waals surface area contributed by atoms with Crippen LogP contribution in [0.1, 0.15) is 39.0 Å². The minimum atomic E-state index is 0.856. The van der Waals surface area contributed by atoms with Gasteiger partial charge in [0.1, 0.15) is 0 Å². The van der Waals surface area contributed by atoms with E-state index in [1.54, 1.807) is 0 Å². The molecule has 0 aromatic rings. The third-order valence-electron chi connectivity index (χ3n) is 1.76. The maximum Gasteiger partial charge on any atom is 0.0970 e. The minimum Gasteiger partial charge on any atom is -0.372 e. The molecule has 9 heavy (non-hydrogen) atoms. The molecule has 1 aliphatic rings. The monoisotopic (exact) mass is 127 g/mol. The summed E-state index contributed by atoms with van der Waals surface area (Å²) in [5.74, 6) is 0. The van der Waals surface area contributed by atoms with Gasteiger partial charge in [0, 0.05) is 6.61 Å². The lowest BCUT2D eigenvalue weighted by Crippen LogP contribution is -2.07. The number of hydrogen-bond acceptors (Lipinski definition) is 1. The predicted octanol–water partition coefficient (Wildman–Crippen LogP) is 2.52. The first-order valence-electron chi connectivity index (χ1n) is 3.91. The van der Waals surface area contributed by atoms with Gasteiger partial charge in [0.15, 0.2) is 0 Å². The van der Waals surface area contributed by atoms with Crippen molar-refractivity contribution in [2.45, 2.75) is 39.0 Å². The molecule has 1 radical (unpaired) electrons. The number of rotatable bonds is 2. The Hall–Kier alpha value is -0.0400. The molecule has 0 aromatic carbocycles. The summed E-state index contributed by atoms with van der Waals surface area (Å²) in [6, 6.07) is 0. The largest absolute Gasteiger partial charge is 0.372 e. The number of hydrogen-bond donors (Lipinski definition) is 0. The van der Waals surface area contributed by atoms with Gasteiger partial charge in [-0.05, 0) is 19.8 Å². The van der Waals surface area contributed by atoms with E-state index in [1.807, 2.05) is 0 Å². The van der Waals surface area contributed by atoms with Gasteiger partial charge in [-0.3, -0.25) is 0 Å². The van der Waals surface area contributed by atoms with Crippen molar-refractivity contribution < 1.29 is 4.74 Å². The van der Waals surface area contributed by atoms with Crippen molar-refractivity contribution in [2.75, 3.05) is 6.61 Å². The maximum atomic E-state index is 5.40. The second-order valence-corrected chi connectivity index (χ2v) is 2.53. The van der Waals surface area contributed by atoms with E-state index in [-0.39, 0.29) is 0 Å². The minimum absolute atomic E-state index is 0.856. The molecule has 53 valence electrons. The van der Waals surface area contributed by atoms with Crippen LogP contribution in [0.3, 0.4) is 0 Å². The molecule has 0 saturated heterocycles. The zero-order valence-electron chi connectivity index (χ0n) is 6.15. The van der Waals surface area contributed by atoms with E-state index in [0.29, 0.717) is 0 Å². The van der Waals surface area contributed by atoms with Crippen molar-refractivity contribution in [3.63, 3.8) is 0 Å². The van der Waals surface area contributed by atoms with Gasteiger partial charge >= 0.3 is 0 Å². The Balaban J connectivity index is 2.08. The fourth-order valence-electron chi connectivity index (χ4n) is 1.29. The Morgan fingerprint density at radius 2 is 1.89 bits per heavy atom. The molecular weight excluding hydrogens is 112 g/mol. The second-order valence-electron chi connectivity index (χ2n) is 2.53. The topological polar surface area (TPSA) is 9.23 Å². The quantitative estimate of drug-likeness (QED) is 0.554. The first kappa shape index (κ1) is 7.07. The summed E-state index contributed by atoms with van der Waals surface area (Å²) in [7, 11) is 0. The molecule has 0 aromatic heterocycles. The Morgan fingerprint density at radius 3 is 2.44 bits per heavy atom. The molecule has 1 saturated carbocycles. The van der Waals surface area contributed by atoms with Crippen LogP contribution in [0.25, 0.3) is 0 Å². The van der Waals surface area contributed by atoms with Crippen LogP contribution in [-0.2, 0) is 4.74 Å². The molecule has 0 amide bonds.